The normalized spacial score (nSPS) is 16.0. The van der Waals surface area contributed by atoms with E-state index in [1.54, 1.807) is 13.8 Å². The van der Waals surface area contributed by atoms with Crippen molar-refractivity contribution >= 4 is 23.8 Å². The summed E-state index contributed by atoms with van der Waals surface area (Å²) in [4.78, 5) is 49.9. The van der Waals surface area contributed by atoms with Crippen LogP contribution in [0.1, 0.15) is 44.4 Å². The second-order valence-corrected chi connectivity index (χ2v) is 6.38. The number of urea groups is 1. The number of benzene rings is 1. The third kappa shape index (κ3) is 3.87. The minimum Gasteiger partial charge on any atom is -0.348 e. The lowest BCUT2D eigenvalue weighted by atomic mass is 10.0. The number of nitrogens with zero attached hydrogens (tertiary/aromatic N) is 2. The van der Waals surface area contributed by atoms with Crippen LogP contribution < -0.4 is 5.32 Å². The van der Waals surface area contributed by atoms with Gasteiger partial charge in [-0.25, -0.2) is 9.69 Å². The van der Waals surface area contributed by atoms with E-state index in [1.165, 1.54) is 0 Å². The van der Waals surface area contributed by atoms with Gasteiger partial charge >= 0.3 is 17.8 Å². The second-order valence-electron chi connectivity index (χ2n) is 6.38. The Hall–Kier alpha value is -2.70. The van der Waals surface area contributed by atoms with E-state index in [4.69, 9.17) is 0 Å². The largest absolute Gasteiger partial charge is 0.348 e. The molecule has 25 heavy (non-hydrogen) atoms. The van der Waals surface area contributed by atoms with Crippen LogP contribution in [0.2, 0.25) is 0 Å². The smallest absolute Gasteiger partial charge is 0.334 e. The molecule has 0 aromatic heterocycles. The van der Waals surface area contributed by atoms with Crippen LogP contribution in [0.4, 0.5) is 4.79 Å². The summed E-state index contributed by atoms with van der Waals surface area (Å²) in [5.41, 5.74) is 2.06. The molecule has 134 valence electrons. The molecule has 1 aliphatic heterocycles. The molecule has 0 unspecified atom stereocenters. The fourth-order valence-corrected chi connectivity index (χ4v) is 2.72. The molecule has 7 heteroatoms. The fourth-order valence-electron chi connectivity index (χ4n) is 2.72. The van der Waals surface area contributed by atoms with Gasteiger partial charge < -0.3 is 5.32 Å². The van der Waals surface area contributed by atoms with Crippen molar-refractivity contribution < 1.29 is 19.2 Å². The first-order valence-corrected chi connectivity index (χ1v) is 8.31. The lowest BCUT2D eigenvalue weighted by molar-refractivity contribution is -0.144. The van der Waals surface area contributed by atoms with Gasteiger partial charge in [0.25, 0.3) is 0 Å². The monoisotopic (exact) mass is 345 g/mol. The van der Waals surface area contributed by atoms with Crippen molar-refractivity contribution in [2.24, 2.45) is 0 Å². The van der Waals surface area contributed by atoms with Gasteiger partial charge in [-0.05, 0) is 32.8 Å². The van der Waals surface area contributed by atoms with Crippen LogP contribution in [-0.2, 0) is 14.4 Å². The van der Waals surface area contributed by atoms with Gasteiger partial charge in [0.15, 0.2) is 0 Å². The van der Waals surface area contributed by atoms with E-state index < -0.39 is 36.3 Å². The fraction of sp³-hybridized carbons (Fsp3) is 0.444. The molecule has 2 rings (SSSR count). The lowest BCUT2D eigenvalue weighted by Crippen LogP contribution is -2.43. The van der Waals surface area contributed by atoms with Crippen LogP contribution in [-0.4, -0.2) is 46.1 Å². The molecule has 0 saturated carbocycles. The molecule has 1 saturated heterocycles. The highest BCUT2D eigenvalue weighted by molar-refractivity contribution is 6.45. The average molecular weight is 345 g/mol. The maximum Gasteiger partial charge on any atom is 0.334 e. The molecule has 1 N–H and O–H groups in total. The van der Waals surface area contributed by atoms with Crippen molar-refractivity contribution in [3.63, 3.8) is 0 Å². The first-order valence-electron chi connectivity index (χ1n) is 8.31. The van der Waals surface area contributed by atoms with Gasteiger partial charge in [-0.15, -0.1) is 0 Å². The number of hydrogen-bond acceptors (Lipinski definition) is 4. The molecule has 0 aliphatic carbocycles. The third-order valence-corrected chi connectivity index (χ3v) is 4.13. The Balaban J connectivity index is 2.06. The molecule has 0 radical (unpaired) electrons. The van der Waals surface area contributed by atoms with Gasteiger partial charge in [0.2, 0.25) is 5.91 Å². The highest BCUT2D eigenvalue weighted by atomic mass is 16.2. The Labute approximate surface area is 147 Å². The van der Waals surface area contributed by atoms with Crippen molar-refractivity contribution in [2.75, 3.05) is 6.54 Å². The molecule has 1 aromatic carbocycles. The van der Waals surface area contributed by atoms with Crippen molar-refractivity contribution in [3.8, 4) is 0 Å². The molecule has 0 spiro atoms. The Bertz CT molecular complexity index is 697. The molecule has 1 atom stereocenters. The Kier molecular flexibility index (Phi) is 5.56. The number of imide groups is 2. The van der Waals surface area contributed by atoms with Crippen LogP contribution in [0.5, 0.6) is 0 Å². The predicted molar refractivity (Wildman–Crippen MR) is 91.4 cm³/mol. The molecule has 1 fully saturated rings. The molecular weight excluding hydrogens is 322 g/mol. The van der Waals surface area contributed by atoms with Gasteiger partial charge in [-0.3, -0.25) is 19.3 Å². The van der Waals surface area contributed by atoms with Crippen LogP contribution in [0.25, 0.3) is 0 Å². The first kappa shape index (κ1) is 18.6. The van der Waals surface area contributed by atoms with Crippen LogP contribution in [0.15, 0.2) is 24.3 Å². The summed E-state index contributed by atoms with van der Waals surface area (Å²) < 4.78 is 0. The number of hydrogen-bond donors (Lipinski definition) is 1. The zero-order valence-electron chi connectivity index (χ0n) is 14.9. The number of aryl methyl sites for hydroxylation is 1. The lowest BCUT2D eigenvalue weighted by Gasteiger charge is -2.21. The summed E-state index contributed by atoms with van der Waals surface area (Å²) in [6.45, 7) is 6.72. The van der Waals surface area contributed by atoms with Gasteiger partial charge in [0, 0.05) is 6.04 Å². The van der Waals surface area contributed by atoms with Crippen LogP contribution in [0, 0.1) is 6.92 Å². The van der Waals surface area contributed by atoms with Crippen LogP contribution in [0.3, 0.4) is 0 Å². The van der Waals surface area contributed by atoms with Gasteiger partial charge in [-0.1, -0.05) is 36.8 Å². The summed E-state index contributed by atoms with van der Waals surface area (Å²) >= 11 is 0. The summed E-state index contributed by atoms with van der Waals surface area (Å²) in [5.74, 6) is -2.33. The molecule has 7 nitrogen and oxygen atoms in total. The van der Waals surface area contributed by atoms with E-state index in [9.17, 15) is 19.2 Å². The predicted octanol–water partition coefficient (Wildman–Crippen LogP) is 1.76. The minimum absolute atomic E-state index is 0.224. The van der Waals surface area contributed by atoms with Crippen molar-refractivity contribution in [1.29, 1.82) is 0 Å². The minimum atomic E-state index is -0.961. The number of nitrogens with one attached hydrogen (secondary N) is 1. The maximum atomic E-state index is 12.3. The summed E-state index contributed by atoms with van der Waals surface area (Å²) in [6, 6.07) is 6.36. The van der Waals surface area contributed by atoms with E-state index >= 15 is 0 Å². The maximum absolute atomic E-state index is 12.3. The number of rotatable bonds is 6. The van der Waals surface area contributed by atoms with Crippen molar-refractivity contribution in [3.05, 3.63) is 35.4 Å². The zero-order valence-corrected chi connectivity index (χ0v) is 14.9. The first-order chi connectivity index (χ1) is 11.8. The average Bonchev–Trinajstić information content (AvgIpc) is 2.77. The Morgan fingerprint density at radius 3 is 2.16 bits per heavy atom. The highest BCUT2D eigenvalue weighted by Crippen LogP contribution is 2.18. The standard InChI is InChI=1S/C18H23N3O4/c1-5-14(13-8-6-12(4)7-9-13)19-15(22)10-20-16(23)17(24)21(11(2)3)18(20)25/h6-9,11,14H,5,10H2,1-4H3,(H,19,22)/t14-/m0/s1. The molecule has 1 aromatic rings. The van der Waals surface area contributed by atoms with Gasteiger partial charge in [0.1, 0.15) is 6.54 Å². The number of carbonyl (C=O) groups excluding carboxylic acids is 4. The van der Waals surface area contributed by atoms with E-state index in [0.29, 0.717) is 11.3 Å². The Morgan fingerprint density at radius 1 is 1.08 bits per heavy atom. The highest BCUT2D eigenvalue weighted by Gasteiger charge is 2.46. The molecule has 0 bridgehead atoms. The Morgan fingerprint density at radius 2 is 1.68 bits per heavy atom. The number of amides is 5. The summed E-state index contributed by atoms with van der Waals surface area (Å²) in [5, 5.41) is 2.81. The third-order valence-electron chi connectivity index (χ3n) is 4.13. The van der Waals surface area contributed by atoms with E-state index in [1.807, 2.05) is 38.1 Å². The summed E-state index contributed by atoms with van der Waals surface area (Å²) in [6.07, 6.45) is 0.660. The summed E-state index contributed by atoms with van der Waals surface area (Å²) in [7, 11) is 0. The second kappa shape index (κ2) is 7.46. The quantitative estimate of drug-likeness (QED) is 0.629. The topological polar surface area (TPSA) is 86.8 Å². The molecular formula is C18H23N3O4. The van der Waals surface area contributed by atoms with E-state index in [-0.39, 0.29) is 6.04 Å². The van der Waals surface area contributed by atoms with Crippen molar-refractivity contribution in [2.45, 2.75) is 46.2 Å². The van der Waals surface area contributed by atoms with Gasteiger partial charge in [-0.2, -0.15) is 0 Å². The zero-order chi connectivity index (χ0) is 18.7. The molecule has 1 heterocycles. The SMILES string of the molecule is CC[C@H](NC(=O)CN1C(=O)C(=O)N(C(C)C)C1=O)c1ccc(C)cc1. The van der Waals surface area contributed by atoms with Crippen LogP contribution >= 0.6 is 0 Å². The number of carbonyl (C=O) groups is 4. The van der Waals surface area contributed by atoms with Crippen molar-refractivity contribution in [1.82, 2.24) is 15.1 Å². The molecule has 1 aliphatic rings. The van der Waals surface area contributed by atoms with E-state index in [2.05, 4.69) is 5.32 Å². The van der Waals surface area contributed by atoms with E-state index in [0.717, 1.165) is 16.0 Å². The van der Waals surface area contributed by atoms with Gasteiger partial charge in [0.05, 0.1) is 6.04 Å². The molecule has 5 amide bonds.